The number of ether oxygens (including phenoxy) is 2. The fraction of sp³-hybridized carbons (Fsp3) is 0.333. The Morgan fingerprint density at radius 1 is 1.00 bits per heavy atom. The van der Waals surface area contributed by atoms with Gasteiger partial charge in [0.05, 0.1) is 23.8 Å². The molecular weight excluding hydrogens is 380 g/mol. The van der Waals surface area contributed by atoms with Crippen LogP contribution in [-0.2, 0) is 24.4 Å². The highest BCUT2D eigenvalue weighted by Gasteiger charge is 2.10. The van der Waals surface area contributed by atoms with Gasteiger partial charge in [-0.05, 0) is 63.1 Å². The molecule has 0 bridgehead atoms. The molecule has 0 saturated heterocycles. The number of aryl methyl sites for hydroxylation is 2. The van der Waals surface area contributed by atoms with Gasteiger partial charge in [-0.3, -0.25) is 4.79 Å². The number of hydrogen-bond acceptors (Lipinski definition) is 5. The molecule has 158 valence electrons. The summed E-state index contributed by atoms with van der Waals surface area (Å²) in [4.78, 5) is 12.3. The summed E-state index contributed by atoms with van der Waals surface area (Å²) in [7, 11) is 0. The summed E-state index contributed by atoms with van der Waals surface area (Å²) in [6.45, 7) is 8.64. The molecule has 0 fully saturated rings. The lowest BCUT2D eigenvalue weighted by Gasteiger charge is -2.11. The molecule has 0 saturated carbocycles. The summed E-state index contributed by atoms with van der Waals surface area (Å²) in [6.07, 6.45) is 0.460. The zero-order valence-corrected chi connectivity index (χ0v) is 17.9. The summed E-state index contributed by atoms with van der Waals surface area (Å²) in [5.74, 6) is 2.31. The molecule has 1 amide bonds. The van der Waals surface area contributed by atoms with Gasteiger partial charge in [0.2, 0.25) is 5.91 Å². The molecule has 1 N–H and O–H groups in total. The van der Waals surface area contributed by atoms with Gasteiger partial charge < -0.3 is 19.3 Å². The van der Waals surface area contributed by atoms with E-state index in [9.17, 15) is 4.79 Å². The van der Waals surface area contributed by atoms with Crippen LogP contribution < -0.4 is 14.8 Å². The minimum Gasteiger partial charge on any atom is -0.491 e. The van der Waals surface area contributed by atoms with E-state index in [1.807, 2.05) is 76.2 Å². The number of carbonyl (C=O) groups excluding carboxylic acids is 1. The third-order valence-corrected chi connectivity index (χ3v) is 4.64. The zero-order chi connectivity index (χ0) is 21.5. The van der Waals surface area contributed by atoms with Crippen molar-refractivity contribution in [2.45, 2.75) is 53.4 Å². The number of benzene rings is 2. The molecule has 3 aromatic rings. The number of carbonyl (C=O) groups is 1. The first-order valence-electron chi connectivity index (χ1n) is 10.1. The van der Waals surface area contributed by atoms with Crippen molar-refractivity contribution in [1.29, 1.82) is 0 Å². The van der Waals surface area contributed by atoms with Crippen molar-refractivity contribution in [1.82, 2.24) is 10.5 Å². The van der Waals surface area contributed by atoms with Gasteiger partial charge in [-0.15, -0.1) is 0 Å². The van der Waals surface area contributed by atoms with Crippen LogP contribution >= 0.6 is 0 Å². The van der Waals surface area contributed by atoms with E-state index < -0.39 is 0 Å². The fourth-order valence-corrected chi connectivity index (χ4v) is 2.97. The maximum Gasteiger partial charge on any atom is 0.224 e. The second-order valence-corrected chi connectivity index (χ2v) is 7.50. The average Bonchev–Trinajstić information content (AvgIpc) is 3.04. The maximum absolute atomic E-state index is 12.3. The standard InChI is InChI=1S/C24H28N2O4/c1-16(2)29-22-11-7-20(8-12-22)14-25-24(27)13-19-5-9-21(10-6-19)28-15-23-17(3)26-30-18(23)4/h5-12,16H,13-15H2,1-4H3,(H,25,27). The van der Waals surface area contributed by atoms with Gasteiger partial charge in [0.25, 0.3) is 0 Å². The van der Waals surface area contributed by atoms with Crippen LogP contribution in [0.15, 0.2) is 53.1 Å². The van der Waals surface area contributed by atoms with Crippen molar-refractivity contribution in [2.24, 2.45) is 0 Å². The molecule has 1 heterocycles. The number of nitrogens with zero attached hydrogens (tertiary/aromatic N) is 1. The van der Waals surface area contributed by atoms with Gasteiger partial charge in [0.15, 0.2) is 0 Å². The van der Waals surface area contributed by atoms with E-state index in [4.69, 9.17) is 14.0 Å². The first kappa shape index (κ1) is 21.4. The molecule has 30 heavy (non-hydrogen) atoms. The van der Waals surface area contributed by atoms with Crippen molar-refractivity contribution in [2.75, 3.05) is 0 Å². The first-order chi connectivity index (χ1) is 14.4. The first-order valence-corrected chi connectivity index (χ1v) is 10.1. The number of hydrogen-bond donors (Lipinski definition) is 1. The van der Waals surface area contributed by atoms with E-state index in [0.717, 1.165) is 39.6 Å². The second-order valence-electron chi connectivity index (χ2n) is 7.50. The summed E-state index contributed by atoms with van der Waals surface area (Å²) in [5.41, 5.74) is 3.76. The Kier molecular flexibility index (Phi) is 7.12. The predicted octanol–water partition coefficient (Wildman–Crippen LogP) is 4.52. The summed E-state index contributed by atoms with van der Waals surface area (Å²) >= 11 is 0. The Hall–Kier alpha value is -3.28. The van der Waals surface area contributed by atoms with Gasteiger partial charge in [-0.2, -0.15) is 0 Å². The normalized spacial score (nSPS) is 10.8. The van der Waals surface area contributed by atoms with Crippen molar-refractivity contribution in [3.05, 3.63) is 76.7 Å². The highest BCUT2D eigenvalue weighted by Crippen LogP contribution is 2.18. The van der Waals surface area contributed by atoms with Gasteiger partial charge >= 0.3 is 0 Å². The molecule has 0 atom stereocenters. The molecule has 0 aliphatic carbocycles. The average molecular weight is 408 g/mol. The lowest BCUT2D eigenvalue weighted by molar-refractivity contribution is -0.120. The Bertz CT molecular complexity index is 940. The van der Waals surface area contributed by atoms with E-state index in [-0.39, 0.29) is 12.0 Å². The Morgan fingerprint density at radius 3 is 2.23 bits per heavy atom. The maximum atomic E-state index is 12.3. The van der Waals surface area contributed by atoms with Crippen LogP contribution in [0.5, 0.6) is 11.5 Å². The Labute approximate surface area is 177 Å². The lowest BCUT2D eigenvalue weighted by Crippen LogP contribution is -2.24. The molecule has 1 aromatic heterocycles. The van der Waals surface area contributed by atoms with Crippen LogP contribution in [0.3, 0.4) is 0 Å². The van der Waals surface area contributed by atoms with Crippen LogP contribution in [0, 0.1) is 13.8 Å². The van der Waals surface area contributed by atoms with Crippen LogP contribution in [0.25, 0.3) is 0 Å². The SMILES string of the molecule is Cc1noc(C)c1COc1ccc(CC(=O)NCc2ccc(OC(C)C)cc2)cc1. The van der Waals surface area contributed by atoms with E-state index in [1.54, 1.807) is 0 Å². The topological polar surface area (TPSA) is 73.6 Å². The number of aromatic nitrogens is 1. The van der Waals surface area contributed by atoms with Gasteiger partial charge in [0, 0.05) is 6.54 Å². The largest absolute Gasteiger partial charge is 0.491 e. The molecule has 6 heteroatoms. The minimum atomic E-state index is -0.0260. The molecule has 2 aromatic carbocycles. The Balaban J connectivity index is 1.45. The number of amides is 1. The predicted molar refractivity (Wildman–Crippen MR) is 115 cm³/mol. The third kappa shape index (κ3) is 6.11. The highest BCUT2D eigenvalue weighted by atomic mass is 16.5. The van der Waals surface area contributed by atoms with Crippen molar-refractivity contribution >= 4 is 5.91 Å². The van der Waals surface area contributed by atoms with Crippen LogP contribution in [0.2, 0.25) is 0 Å². The van der Waals surface area contributed by atoms with E-state index in [0.29, 0.717) is 19.6 Å². The van der Waals surface area contributed by atoms with Gasteiger partial charge in [-0.25, -0.2) is 0 Å². The molecule has 0 unspecified atom stereocenters. The van der Waals surface area contributed by atoms with Crippen molar-refractivity contribution in [3.63, 3.8) is 0 Å². The molecule has 6 nitrogen and oxygen atoms in total. The molecular formula is C24H28N2O4. The fourth-order valence-electron chi connectivity index (χ4n) is 2.97. The molecule has 3 rings (SSSR count). The van der Waals surface area contributed by atoms with Crippen molar-refractivity contribution < 1.29 is 18.8 Å². The molecule has 0 aliphatic heterocycles. The van der Waals surface area contributed by atoms with E-state index >= 15 is 0 Å². The number of nitrogens with one attached hydrogen (secondary N) is 1. The van der Waals surface area contributed by atoms with Gasteiger partial charge in [-0.1, -0.05) is 29.4 Å². The molecule has 0 spiro atoms. The Morgan fingerprint density at radius 2 is 1.63 bits per heavy atom. The monoisotopic (exact) mass is 408 g/mol. The third-order valence-electron chi connectivity index (χ3n) is 4.64. The van der Waals surface area contributed by atoms with E-state index in [1.165, 1.54) is 0 Å². The van der Waals surface area contributed by atoms with Crippen LogP contribution in [-0.4, -0.2) is 17.2 Å². The quantitative estimate of drug-likeness (QED) is 0.564. The highest BCUT2D eigenvalue weighted by molar-refractivity contribution is 5.78. The van der Waals surface area contributed by atoms with Crippen LogP contribution in [0.4, 0.5) is 0 Å². The van der Waals surface area contributed by atoms with Crippen LogP contribution in [0.1, 0.15) is 42.0 Å². The zero-order valence-electron chi connectivity index (χ0n) is 17.9. The van der Waals surface area contributed by atoms with Crippen molar-refractivity contribution in [3.8, 4) is 11.5 Å². The second kappa shape index (κ2) is 9.96. The van der Waals surface area contributed by atoms with Gasteiger partial charge in [0.1, 0.15) is 23.9 Å². The smallest absolute Gasteiger partial charge is 0.224 e. The van der Waals surface area contributed by atoms with E-state index in [2.05, 4.69) is 10.5 Å². The number of rotatable bonds is 9. The lowest BCUT2D eigenvalue weighted by atomic mass is 10.1. The summed E-state index contributed by atoms with van der Waals surface area (Å²) in [5, 5.41) is 6.87. The summed E-state index contributed by atoms with van der Waals surface area (Å²) < 4.78 is 16.6. The molecule has 0 radical (unpaired) electrons. The minimum absolute atomic E-state index is 0.0260. The molecule has 0 aliphatic rings. The summed E-state index contributed by atoms with van der Waals surface area (Å²) in [6, 6.07) is 15.3.